The Labute approximate surface area is 338 Å². The first-order chi connectivity index (χ1) is 28.3. The molecule has 21 nitrogen and oxygen atoms in total. The van der Waals surface area contributed by atoms with E-state index in [1.807, 2.05) is 0 Å². The van der Waals surface area contributed by atoms with Crippen molar-refractivity contribution in [1.29, 1.82) is 0 Å². The molecule has 3 aromatic rings. The van der Waals surface area contributed by atoms with Gasteiger partial charge in [0.2, 0.25) is 0 Å². The summed E-state index contributed by atoms with van der Waals surface area (Å²) in [5, 5.41) is 121. The van der Waals surface area contributed by atoms with Crippen molar-refractivity contribution in [2.45, 2.75) is 87.4 Å². The van der Waals surface area contributed by atoms with Crippen molar-refractivity contribution in [3.8, 4) is 34.1 Å². The van der Waals surface area contributed by atoms with E-state index in [0.717, 1.165) is 18.2 Å². The van der Waals surface area contributed by atoms with Crippen LogP contribution in [0.5, 0.6) is 23.0 Å². The molecule has 2 saturated heterocycles. The van der Waals surface area contributed by atoms with Gasteiger partial charge in [0.05, 0.1) is 43.1 Å². The minimum Gasteiger partial charge on any atom is -0.507 e. The molecule has 2 aliphatic carbocycles. The van der Waals surface area contributed by atoms with Crippen LogP contribution in [0.2, 0.25) is 0 Å². The number of aromatic hydroxyl groups is 3. The maximum absolute atomic E-state index is 14.1. The van der Waals surface area contributed by atoms with Crippen molar-refractivity contribution in [3.05, 3.63) is 68.8 Å². The first-order valence-corrected chi connectivity index (χ1v) is 18.4. The standard InChI is InChI=1S/C39H41NO20/c1-10-4-16-23(30(49)20(10)36(53)40-17(8-41)37(54)55)22-14(7-15-24(31(22)50)27(46)13-5-12(56-3)6-18(42)21(13)26(15)45)28(47)34(16)59-39-33(52)35(25(44)11(2)58-39)60-38-32(51)29(48)19(43)9-57-38/h4-7,11,17,19,25,28-29,32-35,38-39,41-44,47-52H,8-9H2,1-3H3,(H,40,53)(H,54,55)/t11?,17-,19-,25+,28+,29?,32?,33?,34+,35?,38+,39+/m1/s1. The number of carbonyl (C=O) groups excluding carboxylic acids is 3. The average Bonchev–Trinajstić information content (AvgIpc) is 3.20. The van der Waals surface area contributed by atoms with Crippen molar-refractivity contribution < 1.29 is 99.0 Å². The Hall–Kier alpha value is -5.30. The normalized spacial score (nSPS) is 30.1. The molecule has 7 rings (SSSR count). The van der Waals surface area contributed by atoms with Crippen LogP contribution in [0.25, 0.3) is 11.1 Å². The number of ether oxygens (including phenoxy) is 5. The quantitative estimate of drug-likeness (QED) is 0.0878. The molecule has 2 fully saturated rings. The number of carboxylic acid groups (broad SMARTS) is 1. The minimum absolute atomic E-state index is 0.0131. The molecule has 4 aliphatic rings. The second-order valence-corrected chi connectivity index (χ2v) is 14.8. The molecular weight excluding hydrogens is 802 g/mol. The molecule has 21 heteroatoms. The Bertz CT molecular complexity index is 2280. The van der Waals surface area contributed by atoms with E-state index in [4.69, 9.17) is 23.7 Å². The molecule has 0 spiro atoms. The van der Waals surface area contributed by atoms with E-state index >= 15 is 0 Å². The molecular formula is C39H41NO20. The molecule has 0 radical (unpaired) electrons. The van der Waals surface area contributed by atoms with Crippen molar-refractivity contribution in [3.63, 3.8) is 0 Å². The van der Waals surface area contributed by atoms with Crippen LogP contribution in [0.3, 0.4) is 0 Å². The maximum Gasteiger partial charge on any atom is 0.328 e. The Balaban J connectivity index is 1.37. The van der Waals surface area contributed by atoms with Gasteiger partial charge in [-0.1, -0.05) is 6.07 Å². The molecule has 0 bridgehead atoms. The van der Waals surface area contributed by atoms with Crippen molar-refractivity contribution in [2.24, 2.45) is 0 Å². The number of aliphatic hydroxyl groups excluding tert-OH is 7. The maximum atomic E-state index is 14.1. The van der Waals surface area contributed by atoms with Gasteiger partial charge in [-0.05, 0) is 42.7 Å². The van der Waals surface area contributed by atoms with Crippen LogP contribution >= 0.6 is 0 Å². The number of phenols is 3. The van der Waals surface area contributed by atoms with Crippen LogP contribution in [0.1, 0.15) is 78.0 Å². The number of rotatable bonds is 9. The number of fused-ring (bicyclic) bond motifs is 5. The van der Waals surface area contributed by atoms with Crippen LogP contribution in [0.4, 0.5) is 0 Å². The first kappa shape index (κ1) is 42.8. The van der Waals surface area contributed by atoms with E-state index in [1.54, 1.807) is 0 Å². The lowest BCUT2D eigenvalue weighted by Crippen LogP contribution is -2.62. The number of benzene rings is 3. The largest absolute Gasteiger partial charge is 0.507 e. The predicted molar refractivity (Wildman–Crippen MR) is 195 cm³/mol. The molecule has 3 aromatic carbocycles. The summed E-state index contributed by atoms with van der Waals surface area (Å²) >= 11 is 0. The molecule has 12 atom stereocenters. The summed E-state index contributed by atoms with van der Waals surface area (Å²) in [7, 11) is 1.24. The topological polar surface area (TPSA) is 349 Å². The first-order valence-electron chi connectivity index (χ1n) is 18.4. The molecule has 322 valence electrons. The Morgan fingerprint density at radius 3 is 2.12 bits per heavy atom. The lowest BCUT2D eigenvalue weighted by molar-refractivity contribution is -0.353. The van der Waals surface area contributed by atoms with Gasteiger partial charge in [0.1, 0.15) is 71.8 Å². The van der Waals surface area contributed by atoms with Gasteiger partial charge in [-0.15, -0.1) is 0 Å². The zero-order valence-electron chi connectivity index (χ0n) is 31.7. The van der Waals surface area contributed by atoms with Crippen LogP contribution < -0.4 is 10.1 Å². The molecule has 2 heterocycles. The Kier molecular flexibility index (Phi) is 11.4. The summed E-state index contributed by atoms with van der Waals surface area (Å²) in [6, 6.07) is 2.62. The van der Waals surface area contributed by atoms with E-state index in [1.165, 1.54) is 27.0 Å². The summed E-state index contributed by atoms with van der Waals surface area (Å²) in [6.07, 6.45) is -18.8. The van der Waals surface area contributed by atoms with Crippen LogP contribution in [0.15, 0.2) is 24.3 Å². The number of hydrogen-bond donors (Lipinski definition) is 12. The number of carboxylic acids is 1. The van der Waals surface area contributed by atoms with Crippen molar-refractivity contribution >= 4 is 23.4 Å². The molecule has 5 unspecified atom stereocenters. The number of ketones is 2. The molecule has 60 heavy (non-hydrogen) atoms. The van der Waals surface area contributed by atoms with Crippen LogP contribution in [-0.4, -0.2) is 161 Å². The minimum atomic E-state index is -1.98. The number of nitrogens with one attached hydrogen (secondary N) is 1. The molecule has 1 amide bonds. The fraction of sp³-hybridized carbons (Fsp3) is 0.436. The molecule has 0 aromatic heterocycles. The van der Waals surface area contributed by atoms with Crippen LogP contribution in [0, 0.1) is 6.92 Å². The van der Waals surface area contributed by atoms with Gasteiger partial charge in [-0.25, -0.2) is 4.79 Å². The summed E-state index contributed by atoms with van der Waals surface area (Å²) in [6.45, 7) is 1.14. The number of methoxy groups -OCH3 is 1. The Morgan fingerprint density at radius 2 is 1.47 bits per heavy atom. The molecule has 12 N–H and O–H groups in total. The highest BCUT2D eigenvalue weighted by Gasteiger charge is 2.51. The van der Waals surface area contributed by atoms with Gasteiger partial charge in [-0.2, -0.15) is 0 Å². The summed E-state index contributed by atoms with van der Waals surface area (Å²) < 4.78 is 28.0. The molecule has 0 saturated carbocycles. The lowest BCUT2D eigenvalue weighted by Gasteiger charge is -2.45. The number of carbonyl (C=O) groups is 4. The van der Waals surface area contributed by atoms with E-state index < -0.39 is 161 Å². The predicted octanol–water partition coefficient (Wildman–Crippen LogP) is -1.87. The van der Waals surface area contributed by atoms with Gasteiger partial charge in [0, 0.05) is 28.3 Å². The number of aliphatic carboxylic acids is 1. The lowest BCUT2D eigenvalue weighted by atomic mass is 9.74. The van der Waals surface area contributed by atoms with Crippen LogP contribution in [-0.2, 0) is 23.7 Å². The highest BCUT2D eigenvalue weighted by molar-refractivity contribution is 6.31. The second kappa shape index (κ2) is 15.9. The van der Waals surface area contributed by atoms with Crippen molar-refractivity contribution in [2.75, 3.05) is 20.3 Å². The smallest absolute Gasteiger partial charge is 0.328 e. The highest BCUT2D eigenvalue weighted by Crippen LogP contribution is 2.57. The SMILES string of the molecule is COc1cc(O)c2c(c1)C(=O)c1c(cc3c(c1O)-c1c(cc(C)c(C(=O)N[C@H](CO)C(=O)O)c1O)[C@H](O[C@@H]1OC(C)[C@H](O)C(O[C@@H]4OC[C@@H](O)C(O)C4O)C1O)[C@H]3O)C2=O. The fourth-order valence-corrected chi connectivity index (χ4v) is 7.97. The number of aryl methyl sites for hydroxylation is 1. The third-order valence-corrected chi connectivity index (χ3v) is 11.1. The zero-order valence-corrected chi connectivity index (χ0v) is 31.7. The summed E-state index contributed by atoms with van der Waals surface area (Å²) in [4.78, 5) is 53.3. The number of phenolic OH excluding ortho intramolecular Hbond substituents is 3. The van der Waals surface area contributed by atoms with Crippen molar-refractivity contribution in [1.82, 2.24) is 5.32 Å². The van der Waals surface area contributed by atoms with E-state index in [0.29, 0.717) is 0 Å². The third kappa shape index (κ3) is 6.82. The second-order valence-electron chi connectivity index (χ2n) is 14.8. The zero-order chi connectivity index (χ0) is 43.8. The third-order valence-electron chi connectivity index (χ3n) is 11.1. The average molecular weight is 844 g/mol. The van der Waals surface area contributed by atoms with E-state index in [9.17, 15) is 75.3 Å². The van der Waals surface area contributed by atoms with Gasteiger partial charge >= 0.3 is 5.97 Å². The fourth-order valence-electron chi connectivity index (χ4n) is 7.97. The van der Waals surface area contributed by atoms with Gasteiger partial charge < -0.3 is 85.2 Å². The summed E-state index contributed by atoms with van der Waals surface area (Å²) in [5.74, 6) is -7.35. The van der Waals surface area contributed by atoms with Gasteiger partial charge in [0.15, 0.2) is 30.2 Å². The molecule has 2 aliphatic heterocycles. The van der Waals surface area contributed by atoms with E-state index in [-0.39, 0.29) is 28.0 Å². The highest BCUT2D eigenvalue weighted by atomic mass is 16.7. The number of hydrogen-bond acceptors (Lipinski definition) is 19. The number of amides is 1. The van der Waals surface area contributed by atoms with E-state index in [2.05, 4.69) is 5.32 Å². The number of aliphatic hydroxyl groups is 7. The van der Waals surface area contributed by atoms with Gasteiger partial charge in [0.25, 0.3) is 5.91 Å². The van der Waals surface area contributed by atoms with Gasteiger partial charge in [-0.3, -0.25) is 14.4 Å². The summed E-state index contributed by atoms with van der Waals surface area (Å²) in [5.41, 5.74) is -4.12. The Morgan fingerprint density at radius 1 is 0.817 bits per heavy atom. The monoisotopic (exact) mass is 843 g/mol.